The minimum atomic E-state index is -2.92. The molecule has 0 spiro atoms. The normalized spacial score (nSPS) is 26.8. The van der Waals surface area contributed by atoms with Crippen LogP contribution in [0.3, 0.4) is 0 Å². The molecule has 20 heteroatoms. The summed E-state index contributed by atoms with van der Waals surface area (Å²) in [6, 6.07) is 6.15. The van der Waals surface area contributed by atoms with Crippen LogP contribution in [0.5, 0.6) is 0 Å². The van der Waals surface area contributed by atoms with Crippen LogP contribution < -0.4 is 26.1 Å². The molecule has 4 aliphatic heterocycles. The van der Waals surface area contributed by atoms with Gasteiger partial charge in [-0.3, -0.25) is 33.5 Å². The molecule has 1 saturated carbocycles. The summed E-state index contributed by atoms with van der Waals surface area (Å²) in [7, 11) is 3.54. The molecule has 5 aromatic rings. The zero-order valence-corrected chi connectivity index (χ0v) is 33.1. The Morgan fingerprint density at radius 1 is 1.10 bits per heavy atom. The highest BCUT2D eigenvalue weighted by Crippen LogP contribution is 2.41. The summed E-state index contributed by atoms with van der Waals surface area (Å²) in [6.45, 7) is 2.60. The number of fused-ring (bicyclic) bond motifs is 4. The van der Waals surface area contributed by atoms with Gasteiger partial charge in [-0.1, -0.05) is 6.07 Å². The summed E-state index contributed by atoms with van der Waals surface area (Å²) in [5, 5.41) is 13.4. The number of halogens is 3. The summed E-state index contributed by atoms with van der Waals surface area (Å²) in [6.07, 6.45) is 3.72. The Hall–Kier alpha value is -5.76. The summed E-state index contributed by atoms with van der Waals surface area (Å²) in [5.41, 5.74) is 1.35. The minimum absolute atomic E-state index is 0.0737. The van der Waals surface area contributed by atoms with Crippen LogP contribution in [0.25, 0.3) is 16.7 Å². The third kappa shape index (κ3) is 6.50. The van der Waals surface area contributed by atoms with E-state index in [0.29, 0.717) is 73.7 Å². The van der Waals surface area contributed by atoms with Crippen LogP contribution in [0.4, 0.5) is 30.4 Å². The molecule has 2 N–H and O–H groups in total. The largest absolute Gasteiger partial charge is 0.374 e. The van der Waals surface area contributed by atoms with Crippen molar-refractivity contribution in [1.29, 1.82) is 0 Å². The van der Waals surface area contributed by atoms with Gasteiger partial charge >= 0.3 is 5.69 Å². The fraction of sp³-hybridized carbons (Fsp3) is 0.525. The summed E-state index contributed by atoms with van der Waals surface area (Å²) in [4.78, 5) is 62.3. The molecule has 1 unspecified atom stereocenters. The quantitative estimate of drug-likeness (QED) is 0.198. The van der Waals surface area contributed by atoms with Crippen LogP contribution in [0.1, 0.15) is 73.1 Å². The molecule has 4 saturated heterocycles. The first-order chi connectivity index (χ1) is 28.9. The summed E-state index contributed by atoms with van der Waals surface area (Å²) in [5.74, 6) is -0.603. The number of imide groups is 1. The number of imidazole rings is 1. The Bertz CT molecular complexity index is 2580. The van der Waals surface area contributed by atoms with Gasteiger partial charge in [-0.25, -0.2) is 27.5 Å². The van der Waals surface area contributed by atoms with E-state index >= 15 is 4.39 Å². The molecule has 5 atom stereocenters. The molecule has 3 amide bonds. The molecule has 17 nitrogen and oxygen atoms in total. The number of nitrogens with one attached hydrogen (secondary N) is 2. The number of rotatable bonds is 10. The molecular formula is C40H45F3N12O5. The number of anilines is 3. The highest BCUT2D eigenvalue weighted by Gasteiger charge is 2.41. The van der Waals surface area contributed by atoms with E-state index in [1.54, 1.807) is 25.4 Å². The summed E-state index contributed by atoms with van der Waals surface area (Å²) >= 11 is 0. The molecule has 2 bridgehead atoms. The minimum Gasteiger partial charge on any atom is -0.374 e. The molecule has 4 aromatic heterocycles. The second-order valence-electron chi connectivity index (χ2n) is 16.8. The van der Waals surface area contributed by atoms with Crippen molar-refractivity contribution < 1.29 is 32.3 Å². The molecule has 60 heavy (non-hydrogen) atoms. The van der Waals surface area contributed by atoms with Gasteiger partial charge in [0.05, 0.1) is 59.9 Å². The number of hydrogen-bond acceptors (Lipinski definition) is 11. The lowest BCUT2D eigenvalue weighted by Gasteiger charge is -2.43. The van der Waals surface area contributed by atoms with Crippen molar-refractivity contribution in [2.45, 2.75) is 81.4 Å². The number of hydrogen-bond donors (Lipinski definition) is 2. The topological polar surface area (TPSA) is 169 Å². The smallest absolute Gasteiger partial charge is 0.329 e. The number of para-hydroxylation sites is 1. The second kappa shape index (κ2) is 14.8. The van der Waals surface area contributed by atoms with E-state index in [0.717, 1.165) is 6.42 Å². The van der Waals surface area contributed by atoms with Crippen molar-refractivity contribution in [2.24, 2.45) is 13.0 Å². The maximum atomic E-state index is 16.1. The molecule has 0 radical (unpaired) electrons. The molecule has 5 fully saturated rings. The lowest BCUT2D eigenvalue weighted by Crippen LogP contribution is -2.53. The van der Waals surface area contributed by atoms with Crippen LogP contribution in [-0.4, -0.2) is 120 Å². The first-order valence-electron chi connectivity index (χ1n) is 20.5. The van der Waals surface area contributed by atoms with Crippen molar-refractivity contribution in [3.8, 4) is 0 Å². The van der Waals surface area contributed by atoms with Gasteiger partial charge in [0.1, 0.15) is 23.6 Å². The molecule has 1 aliphatic carbocycles. The predicted molar refractivity (Wildman–Crippen MR) is 212 cm³/mol. The Kier molecular flexibility index (Phi) is 9.45. The van der Waals surface area contributed by atoms with Gasteiger partial charge in [0.15, 0.2) is 11.3 Å². The third-order valence-electron chi connectivity index (χ3n) is 13.2. The van der Waals surface area contributed by atoms with E-state index in [2.05, 4.69) is 25.7 Å². The molecule has 5 aliphatic rings. The number of nitrogens with zero attached hydrogens (tertiary/aromatic N) is 10. The Balaban J connectivity index is 0.769. The van der Waals surface area contributed by atoms with Crippen molar-refractivity contribution in [3.05, 3.63) is 64.6 Å². The number of morpholine rings is 1. The second-order valence-corrected chi connectivity index (χ2v) is 16.8. The van der Waals surface area contributed by atoms with Gasteiger partial charge in [0.2, 0.25) is 11.8 Å². The fourth-order valence-corrected chi connectivity index (χ4v) is 10.0. The maximum Gasteiger partial charge on any atom is 0.329 e. The Morgan fingerprint density at radius 2 is 1.93 bits per heavy atom. The molecular weight excluding hydrogens is 786 g/mol. The van der Waals surface area contributed by atoms with Crippen LogP contribution >= 0.6 is 0 Å². The first kappa shape index (κ1) is 38.4. The van der Waals surface area contributed by atoms with Gasteiger partial charge < -0.3 is 24.8 Å². The molecule has 1 aromatic carbocycles. The van der Waals surface area contributed by atoms with Gasteiger partial charge in [0, 0.05) is 51.5 Å². The van der Waals surface area contributed by atoms with Crippen molar-refractivity contribution in [3.63, 3.8) is 0 Å². The fourth-order valence-electron chi connectivity index (χ4n) is 10.0. The number of alkyl halides is 3. The number of carbonyl (C=O) groups excluding carboxylic acids is 3. The molecule has 10 rings (SSSR count). The number of ether oxygens (including phenoxy) is 1. The number of piperidine rings is 2. The first-order valence-corrected chi connectivity index (χ1v) is 20.5. The average Bonchev–Trinajstić information content (AvgIpc) is 4.06. The van der Waals surface area contributed by atoms with Crippen molar-refractivity contribution in [1.82, 2.24) is 43.7 Å². The van der Waals surface area contributed by atoms with Crippen LogP contribution in [-0.2, 0) is 21.4 Å². The zero-order chi connectivity index (χ0) is 41.6. The average molecular weight is 831 g/mol. The highest BCUT2D eigenvalue weighted by molar-refractivity contribution is 6.08. The molecule has 8 heterocycles. The predicted octanol–water partition coefficient (Wildman–Crippen LogP) is 3.22. The zero-order valence-electron chi connectivity index (χ0n) is 33.1. The lowest BCUT2D eigenvalue weighted by molar-refractivity contribution is -0.135. The van der Waals surface area contributed by atoms with Gasteiger partial charge in [0.25, 0.3) is 12.3 Å². The van der Waals surface area contributed by atoms with Gasteiger partial charge in [-0.15, -0.1) is 0 Å². The maximum absolute atomic E-state index is 16.1. The van der Waals surface area contributed by atoms with E-state index in [9.17, 15) is 28.0 Å². The third-order valence-corrected chi connectivity index (χ3v) is 13.2. The number of carbonyl (C=O) groups is 3. The van der Waals surface area contributed by atoms with Gasteiger partial charge in [-0.2, -0.15) is 10.2 Å². The van der Waals surface area contributed by atoms with Crippen molar-refractivity contribution >= 4 is 51.6 Å². The molecule has 316 valence electrons. The number of benzene rings is 1. The van der Waals surface area contributed by atoms with Crippen molar-refractivity contribution in [2.75, 3.05) is 55.0 Å². The standard InChI is InChI=1S/C40H45F3N12O5/c1-49(28-8-10-51(18-26(28)41)29-4-3-5-30-35(29)50(2)40(59)55(30)31-6-7-33(56)47-39(31)58)16-21-12-22(13-21)54-19-27(34(48-54)36(42)43)45-38(57)25-15-44-53-11-9-32(46-37(25)53)52-17-24-14-23(52)20-60-24/h3-5,9,11,15,19,21-24,26,28,31,36H,6-8,10,12-14,16-18,20H2,1-2H3,(H,45,57)(H,47,56,58)/t21?,22?,23-,24-,26+,28+,31?/m1/s1. The number of amides is 3. The van der Waals surface area contributed by atoms with Crippen LogP contribution in [0, 0.1) is 5.92 Å². The van der Waals surface area contributed by atoms with E-state index in [4.69, 9.17) is 9.72 Å². The van der Waals surface area contributed by atoms with E-state index in [1.165, 1.54) is 30.7 Å². The highest BCUT2D eigenvalue weighted by atomic mass is 19.3. The monoisotopic (exact) mass is 830 g/mol. The van der Waals surface area contributed by atoms with Crippen LogP contribution in [0.15, 0.2) is 47.7 Å². The number of aryl methyl sites for hydroxylation is 1. The number of aromatic nitrogens is 7. The van der Waals surface area contributed by atoms with E-state index < -0.39 is 36.1 Å². The van der Waals surface area contributed by atoms with Gasteiger partial charge in [-0.05, 0) is 63.3 Å². The Labute approximate surface area is 341 Å². The summed E-state index contributed by atoms with van der Waals surface area (Å²) < 4.78 is 56.2. The SMILES string of the molecule is CN(CC1CC(n2cc(NC(=O)c3cnn4ccc(N5C[C@H]6C[C@@H]5CO6)nc34)c(C(F)F)n2)C1)[C@H]1CCN(c2cccc3c2n(C)c(=O)n3C2CCC(=O)NC2=O)C[C@@H]1F. The van der Waals surface area contributed by atoms with E-state index in [-0.39, 0.29) is 72.4 Å². The van der Waals surface area contributed by atoms with Crippen LogP contribution in [0.2, 0.25) is 0 Å². The van der Waals surface area contributed by atoms with E-state index in [1.807, 2.05) is 29.0 Å². The lowest BCUT2D eigenvalue weighted by atomic mass is 9.79. The Morgan fingerprint density at radius 3 is 2.67 bits per heavy atom.